The monoisotopic (exact) mass is 380 g/mol. The number of likely N-dealkylation sites (tertiary alicyclic amines) is 1. The molecule has 0 unspecified atom stereocenters. The smallest absolute Gasteiger partial charge is 0.254 e. The predicted octanol–water partition coefficient (Wildman–Crippen LogP) is 1.67. The lowest BCUT2D eigenvalue weighted by atomic mass is 9.73. The van der Waals surface area contributed by atoms with Gasteiger partial charge < -0.3 is 9.64 Å². The van der Waals surface area contributed by atoms with Gasteiger partial charge in [0.15, 0.2) is 0 Å². The molecule has 1 amide bonds. The van der Waals surface area contributed by atoms with Crippen LogP contribution >= 0.6 is 0 Å². The summed E-state index contributed by atoms with van der Waals surface area (Å²) >= 11 is 0. The van der Waals surface area contributed by atoms with Crippen LogP contribution in [0.25, 0.3) is 0 Å². The first-order valence-electron chi connectivity index (χ1n) is 8.97. The first-order valence-corrected chi connectivity index (χ1v) is 10.8. The fourth-order valence-electron chi connectivity index (χ4n) is 4.42. The van der Waals surface area contributed by atoms with Crippen molar-refractivity contribution in [2.45, 2.75) is 20.3 Å². The molecule has 1 aromatic rings. The average Bonchev–Trinajstić information content (AvgIpc) is 2.93. The van der Waals surface area contributed by atoms with Crippen molar-refractivity contribution in [2.75, 3.05) is 46.2 Å². The number of carbonyl (C=O) groups is 1. The molecule has 2 atom stereocenters. The molecule has 2 fully saturated rings. The van der Waals surface area contributed by atoms with Gasteiger partial charge in [-0.25, -0.2) is 12.7 Å². The zero-order valence-electron chi connectivity index (χ0n) is 16.0. The molecule has 2 aliphatic heterocycles. The number of piperidine rings is 1. The minimum atomic E-state index is -3.24. The first-order chi connectivity index (χ1) is 12.2. The molecule has 0 bridgehead atoms. The number of fused-ring (bicyclic) bond motifs is 1. The van der Waals surface area contributed by atoms with Crippen molar-refractivity contribution >= 4 is 15.9 Å². The third-order valence-corrected chi connectivity index (χ3v) is 7.12. The van der Waals surface area contributed by atoms with Gasteiger partial charge in [-0.1, -0.05) is 17.7 Å². The maximum absolute atomic E-state index is 13.0. The largest absolute Gasteiger partial charge is 0.384 e. The average molecular weight is 381 g/mol. The Morgan fingerprint density at radius 1 is 1.31 bits per heavy atom. The Hall–Kier alpha value is -1.44. The van der Waals surface area contributed by atoms with Crippen molar-refractivity contribution in [1.82, 2.24) is 9.21 Å². The number of aryl methyl sites for hydroxylation is 2. The molecule has 0 N–H and O–H groups in total. The van der Waals surface area contributed by atoms with E-state index in [1.165, 1.54) is 6.26 Å². The predicted molar refractivity (Wildman–Crippen MR) is 101 cm³/mol. The van der Waals surface area contributed by atoms with Crippen molar-refractivity contribution in [1.29, 1.82) is 0 Å². The Labute approximate surface area is 156 Å². The normalized spacial score (nSPS) is 26.8. The minimum Gasteiger partial charge on any atom is -0.384 e. The van der Waals surface area contributed by atoms with Crippen LogP contribution in [0.5, 0.6) is 0 Å². The van der Waals surface area contributed by atoms with Gasteiger partial charge in [-0.05, 0) is 37.8 Å². The van der Waals surface area contributed by atoms with Gasteiger partial charge in [0.2, 0.25) is 10.0 Å². The second-order valence-corrected chi connectivity index (χ2v) is 9.85. The summed E-state index contributed by atoms with van der Waals surface area (Å²) in [5.41, 5.74) is 2.65. The maximum atomic E-state index is 13.0. The summed E-state index contributed by atoms with van der Waals surface area (Å²) in [5.74, 6) is 0.131. The van der Waals surface area contributed by atoms with Crippen molar-refractivity contribution in [2.24, 2.45) is 11.3 Å². The van der Waals surface area contributed by atoms with Crippen molar-refractivity contribution in [3.8, 4) is 0 Å². The van der Waals surface area contributed by atoms with E-state index in [1.807, 2.05) is 36.9 Å². The Morgan fingerprint density at radius 2 is 2.04 bits per heavy atom. The molecule has 6 nitrogen and oxygen atoms in total. The van der Waals surface area contributed by atoms with Crippen LogP contribution in [0.1, 0.15) is 27.9 Å². The number of methoxy groups -OCH3 is 1. The summed E-state index contributed by atoms with van der Waals surface area (Å²) in [6.45, 7) is 6.63. The van der Waals surface area contributed by atoms with E-state index < -0.39 is 10.0 Å². The highest BCUT2D eigenvalue weighted by molar-refractivity contribution is 7.88. The quantitative estimate of drug-likeness (QED) is 0.797. The van der Waals surface area contributed by atoms with Gasteiger partial charge in [-0.3, -0.25) is 4.79 Å². The summed E-state index contributed by atoms with van der Waals surface area (Å²) in [7, 11) is -1.59. The fourth-order valence-corrected chi connectivity index (χ4v) is 5.36. The summed E-state index contributed by atoms with van der Waals surface area (Å²) in [6, 6.07) is 5.87. The zero-order valence-corrected chi connectivity index (χ0v) is 16.8. The molecule has 0 aromatic heterocycles. The summed E-state index contributed by atoms with van der Waals surface area (Å²) in [6.07, 6.45) is 2.01. The molecule has 26 heavy (non-hydrogen) atoms. The Kier molecular flexibility index (Phi) is 5.16. The van der Waals surface area contributed by atoms with Gasteiger partial charge in [-0.2, -0.15) is 0 Å². The highest BCUT2D eigenvalue weighted by Crippen LogP contribution is 2.44. The van der Waals surface area contributed by atoms with Crippen LogP contribution in [0.4, 0.5) is 0 Å². The second-order valence-electron chi connectivity index (χ2n) is 7.87. The fraction of sp³-hybridized carbons (Fsp3) is 0.632. The lowest BCUT2D eigenvalue weighted by molar-refractivity contribution is 0.00340. The molecule has 144 valence electrons. The van der Waals surface area contributed by atoms with Gasteiger partial charge >= 0.3 is 0 Å². The Balaban J connectivity index is 1.82. The summed E-state index contributed by atoms with van der Waals surface area (Å²) in [4.78, 5) is 14.9. The molecule has 2 saturated heterocycles. The zero-order chi connectivity index (χ0) is 19.1. The SMILES string of the molecule is COC[C@@]12CCN(C(=O)c3ccc(C)cc3C)C[C@@H]1CN(S(C)(=O)=O)C2. The van der Waals surface area contributed by atoms with Gasteiger partial charge in [0.1, 0.15) is 0 Å². The van der Waals surface area contributed by atoms with E-state index in [2.05, 4.69) is 0 Å². The van der Waals surface area contributed by atoms with E-state index in [0.717, 1.165) is 23.1 Å². The molecule has 0 aliphatic carbocycles. The van der Waals surface area contributed by atoms with E-state index in [1.54, 1.807) is 11.4 Å². The second kappa shape index (κ2) is 6.94. The molecular weight excluding hydrogens is 352 g/mol. The number of benzene rings is 1. The highest BCUT2D eigenvalue weighted by Gasteiger charge is 2.52. The number of amides is 1. The van der Waals surface area contributed by atoms with Crippen LogP contribution in [-0.2, 0) is 14.8 Å². The number of hydrogen-bond acceptors (Lipinski definition) is 4. The molecular formula is C19H28N2O4S. The van der Waals surface area contributed by atoms with Crippen LogP contribution in [0, 0.1) is 25.2 Å². The molecule has 2 aliphatic rings. The molecule has 0 radical (unpaired) electrons. The van der Waals surface area contributed by atoms with E-state index in [9.17, 15) is 13.2 Å². The van der Waals surface area contributed by atoms with Crippen LogP contribution in [0.3, 0.4) is 0 Å². The number of nitrogens with zero attached hydrogens (tertiary/aromatic N) is 2. The number of carbonyl (C=O) groups excluding carboxylic acids is 1. The standard InChI is InChI=1S/C19H28N2O4S/c1-14-5-6-17(15(2)9-14)18(22)20-8-7-19(13-25-3)12-21(26(4,23)24)11-16(19)10-20/h5-6,9,16H,7-8,10-13H2,1-4H3/t16-,19+/m1/s1. The summed E-state index contributed by atoms with van der Waals surface area (Å²) in [5, 5.41) is 0. The van der Waals surface area contributed by atoms with E-state index in [-0.39, 0.29) is 17.2 Å². The van der Waals surface area contributed by atoms with E-state index >= 15 is 0 Å². The Morgan fingerprint density at radius 3 is 2.65 bits per heavy atom. The van der Waals surface area contributed by atoms with Gasteiger partial charge in [0.05, 0.1) is 12.9 Å². The minimum absolute atomic E-state index is 0.0336. The lowest BCUT2D eigenvalue weighted by Gasteiger charge is -2.43. The molecule has 1 aromatic carbocycles. The summed E-state index contributed by atoms with van der Waals surface area (Å²) < 4.78 is 31.1. The third kappa shape index (κ3) is 3.52. The molecule has 2 heterocycles. The highest BCUT2D eigenvalue weighted by atomic mass is 32.2. The molecule has 0 saturated carbocycles. The third-order valence-electron chi connectivity index (χ3n) is 5.90. The number of hydrogen-bond donors (Lipinski definition) is 0. The van der Waals surface area contributed by atoms with Crippen LogP contribution in [-0.4, -0.2) is 69.7 Å². The van der Waals surface area contributed by atoms with Gasteiger partial charge in [0, 0.05) is 44.3 Å². The lowest BCUT2D eigenvalue weighted by Crippen LogP contribution is -2.51. The van der Waals surface area contributed by atoms with Crippen molar-refractivity contribution in [3.63, 3.8) is 0 Å². The Bertz CT molecular complexity index is 808. The van der Waals surface area contributed by atoms with Crippen LogP contribution < -0.4 is 0 Å². The molecule has 3 rings (SSSR count). The molecule has 0 spiro atoms. The maximum Gasteiger partial charge on any atom is 0.254 e. The first kappa shape index (κ1) is 19.3. The van der Waals surface area contributed by atoms with Crippen LogP contribution in [0.2, 0.25) is 0 Å². The van der Waals surface area contributed by atoms with Crippen molar-refractivity contribution < 1.29 is 17.9 Å². The molecule has 7 heteroatoms. The van der Waals surface area contributed by atoms with E-state index in [0.29, 0.717) is 32.8 Å². The van der Waals surface area contributed by atoms with Gasteiger partial charge in [-0.15, -0.1) is 0 Å². The topological polar surface area (TPSA) is 66.9 Å². The van der Waals surface area contributed by atoms with E-state index in [4.69, 9.17) is 4.74 Å². The number of sulfonamides is 1. The number of ether oxygens (including phenoxy) is 1. The number of rotatable bonds is 4. The van der Waals surface area contributed by atoms with Crippen molar-refractivity contribution in [3.05, 3.63) is 34.9 Å². The van der Waals surface area contributed by atoms with Crippen LogP contribution in [0.15, 0.2) is 18.2 Å². The van der Waals surface area contributed by atoms with Gasteiger partial charge in [0.25, 0.3) is 5.91 Å².